The van der Waals surface area contributed by atoms with Crippen molar-refractivity contribution in [3.63, 3.8) is 0 Å². The van der Waals surface area contributed by atoms with Crippen LogP contribution in [0.25, 0.3) is 0 Å². The fraction of sp³-hybridized carbons (Fsp3) is 0.667. The first-order chi connectivity index (χ1) is 4.19. The molecule has 0 spiro atoms. The van der Waals surface area contributed by atoms with Gasteiger partial charge in [-0.25, -0.2) is 4.39 Å². The summed E-state index contributed by atoms with van der Waals surface area (Å²) in [6, 6.07) is -3.11. The van der Waals surface area contributed by atoms with Crippen LogP contribution >= 0.6 is 15.9 Å². The van der Waals surface area contributed by atoms with Crippen LogP contribution in [-0.2, 0) is 4.79 Å². The molecule has 1 atom stereocenters. The zero-order valence-corrected chi connectivity index (χ0v) is 5.76. The molecule has 0 saturated carbocycles. The Labute approximate surface area is 60.3 Å². The van der Waals surface area contributed by atoms with E-state index in [1.807, 2.05) is 0 Å². The summed E-state index contributed by atoms with van der Waals surface area (Å²) in [4.78, 5) is 9.30. The summed E-state index contributed by atoms with van der Waals surface area (Å²) in [5.74, 6) is 0. The largest absolute Gasteiger partial charge is 0.443 e. The number of halogens is 6. The Bertz CT molecular complexity index is 149. The highest BCUT2D eigenvalue weighted by Gasteiger charge is 2.61. The lowest BCUT2D eigenvalue weighted by molar-refractivity contribution is -0.200. The van der Waals surface area contributed by atoms with Gasteiger partial charge in [-0.3, -0.25) is 4.79 Å². The van der Waals surface area contributed by atoms with Gasteiger partial charge in [0, 0.05) is 0 Å². The molecule has 0 aliphatic heterocycles. The van der Waals surface area contributed by atoms with Gasteiger partial charge in [-0.1, -0.05) is 0 Å². The molecule has 7 heteroatoms. The van der Waals surface area contributed by atoms with Crippen LogP contribution in [0.3, 0.4) is 0 Å². The molecule has 10 heavy (non-hydrogen) atoms. The van der Waals surface area contributed by atoms with Gasteiger partial charge < -0.3 is 0 Å². The van der Waals surface area contributed by atoms with Crippen LogP contribution in [0.2, 0.25) is 0 Å². The molecule has 0 unspecified atom stereocenters. The Morgan fingerprint density at radius 1 is 1.20 bits per heavy atom. The normalized spacial score (nSPS) is 18.2. The quantitative estimate of drug-likeness (QED) is 0.380. The van der Waals surface area contributed by atoms with Crippen LogP contribution in [0.1, 0.15) is 0 Å². The monoisotopic (exact) mass is 226 g/mol. The molecular formula is C3BrF5O. The van der Waals surface area contributed by atoms with Crippen molar-refractivity contribution >= 4 is 22.0 Å². The second-order valence-electron chi connectivity index (χ2n) is 1.35. The number of carbonyl (C=O) groups excluding carboxylic acids is 1. The molecule has 0 saturated heterocycles. The van der Waals surface area contributed by atoms with E-state index in [0.29, 0.717) is 0 Å². The lowest BCUT2D eigenvalue weighted by atomic mass is 10.4. The van der Waals surface area contributed by atoms with E-state index >= 15 is 0 Å². The van der Waals surface area contributed by atoms with Gasteiger partial charge in [-0.2, -0.15) is 17.6 Å². The van der Waals surface area contributed by atoms with Gasteiger partial charge >= 0.3 is 16.8 Å². The van der Waals surface area contributed by atoms with Crippen molar-refractivity contribution in [3.05, 3.63) is 0 Å². The van der Waals surface area contributed by atoms with Gasteiger partial charge in [0.05, 0.1) is 0 Å². The first-order valence-electron chi connectivity index (χ1n) is 1.84. The summed E-state index contributed by atoms with van der Waals surface area (Å²) < 4.78 is 52.0. The number of hydrogen-bond acceptors (Lipinski definition) is 1. The molecular weight excluding hydrogens is 227 g/mol. The van der Waals surface area contributed by atoms with Crippen molar-refractivity contribution < 1.29 is 26.7 Å². The smallest absolute Gasteiger partial charge is 0.256 e. The summed E-state index contributed by atoms with van der Waals surface area (Å²) in [5.41, 5.74) is 0. The maximum atomic E-state index is 11.8. The first kappa shape index (κ1) is 9.80. The third kappa shape index (κ3) is 1.65. The molecule has 0 bridgehead atoms. The van der Waals surface area contributed by atoms with Gasteiger partial charge in [-0.05, 0) is 15.9 Å². The predicted octanol–water partition coefficient (Wildman–Crippen LogP) is 2.11. The van der Waals surface area contributed by atoms with Crippen LogP contribution in [0, 0.1) is 0 Å². The van der Waals surface area contributed by atoms with Crippen molar-refractivity contribution in [1.29, 1.82) is 0 Å². The standard InChI is InChI=1S/C3BrF5O/c4-2(6,1(5)10)3(7,8)9/t2-/m1/s1. The van der Waals surface area contributed by atoms with Crippen molar-refractivity contribution in [2.24, 2.45) is 0 Å². The Morgan fingerprint density at radius 3 is 1.50 bits per heavy atom. The number of hydrogen-bond donors (Lipinski definition) is 0. The zero-order chi connectivity index (χ0) is 8.58. The number of rotatable bonds is 1. The number of alkyl halides is 5. The van der Waals surface area contributed by atoms with Crippen LogP contribution < -0.4 is 0 Å². The molecule has 60 valence electrons. The Kier molecular flexibility index (Phi) is 2.40. The lowest BCUT2D eigenvalue weighted by Crippen LogP contribution is -2.40. The molecule has 0 aromatic carbocycles. The molecule has 0 rings (SSSR count). The average molecular weight is 227 g/mol. The fourth-order valence-corrected chi connectivity index (χ4v) is 0.111. The van der Waals surface area contributed by atoms with Crippen LogP contribution in [-0.4, -0.2) is 16.8 Å². The van der Waals surface area contributed by atoms with E-state index in [1.165, 1.54) is 15.9 Å². The van der Waals surface area contributed by atoms with Crippen LogP contribution in [0.5, 0.6) is 0 Å². The highest BCUT2D eigenvalue weighted by atomic mass is 79.9. The maximum Gasteiger partial charge on any atom is 0.443 e. The van der Waals surface area contributed by atoms with Crippen molar-refractivity contribution in [1.82, 2.24) is 0 Å². The number of carbonyl (C=O) groups is 1. The van der Waals surface area contributed by atoms with E-state index in [9.17, 15) is 26.7 Å². The van der Waals surface area contributed by atoms with E-state index in [-0.39, 0.29) is 0 Å². The molecule has 0 aromatic heterocycles. The Balaban J connectivity index is 4.57. The van der Waals surface area contributed by atoms with E-state index in [4.69, 9.17) is 0 Å². The molecule has 0 amide bonds. The van der Waals surface area contributed by atoms with Gasteiger partial charge in [-0.15, -0.1) is 0 Å². The highest BCUT2D eigenvalue weighted by molar-refractivity contribution is 9.10. The zero-order valence-electron chi connectivity index (χ0n) is 4.18. The molecule has 0 fully saturated rings. The molecule has 0 aromatic rings. The Morgan fingerprint density at radius 2 is 1.50 bits per heavy atom. The van der Waals surface area contributed by atoms with Crippen molar-refractivity contribution in [2.45, 2.75) is 10.8 Å². The van der Waals surface area contributed by atoms with E-state index < -0.39 is 16.8 Å². The van der Waals surface area contributed by atoms with E-state index in [0.717, 1.165) is 0 Å². The topological polar surface area (TPSA) is 17.1 Å². The summed E-state index contributed by atoms with van der Waals surface area (Å²) >= 11 is 1.25. The summed E-state index contributed by atoms with van der Waals surface area (Å²) in [6.07, 6.45) is -5.56. The minimum Gasteiger partial charge on any atom is -0.256 e. The van der Waals surface area contributed by atoms with Crippen molar-refractivity contribution in [2.75, 3.05) is 0 Å². The minimum atomic E-state index is -5.56. The van der Waals surface area contributed by atoms with Crippen molar-refractivity contribution in [3.8, 4) is 0 Å². The van der Waals surface area contributed by atoms with E-state index in [2.05, 4.69) is 0 Å². The Hall–Kier alpha value is -0.200. The average Bonchev–Trinajstić information content (AvgIpc) is 1.62. The lowest BCUT2D eigenvalue weighted by Gasteiger charge is -2.15. The fourth-order valence-electron chi connectivity index (χ4n) is 0.111. The molecule has 0 aliphatic carbocycles. The van der Waals surface area contributed by atoms with Gasteiger partial charge in [0.15, 0.2) is 0 Å². The van der Waals surface area contributed by atoms with Gasteiger partial charge in [0.2, 0.25) is 0 Å². The van der Waals surface area contributed by atoms with Crippen LogP contribution in [0.4, 0.5) is 22.0 Å². The third-order valence-corrected chi connectivity index (χ3v) is 1.36. The minimum absolute atomic E-state index is 1.25. The highest BCUT2D eigenvalue weighted by Crippen LogP contribution is 2.40. The second kappa shape index (κ2) is 2.44. The summed E-state index contributed by atoms with van der Waals surface area (Å²) in [7, 11) is 0. The van der Waals surface area contributed by atoms with Gasteiger partial charge in [0.1, 0.15) is 0 Å². The predicted molar refractivity (Wildman–Crippen MR) is 24.9 cm³/mol. The maximum absolute atomic E-state index is 11.8. The van der Waals surface area contributed by atoms with E-state index in [1.54, 1.807) is 0 Å². The molecule has 1 nitrogen and oxygen atoms in total. The molecule has 0 heterocycles. The third-order valence-electron chi connectivity index (χ3n) is 0.603. The first-order valence-corrected chi connectivity index (χ1v) is 2.63. The van der Waals surface area contributed by atoms with Gasteiger partial charge in [0.25, 0.3) is 0 Å². The SMILES string of the molecule is O=C(F)[C@](F)(Br)C(F)(F)F. The summed E-state index contributed by atoms with van der Waals surface area (Å²) in [6.45, 7) is 0. The molecule has 0 radical (unpaired) electrons. The molecule has 0 aliphatic rings. The summed E-state index contributed by atoms with van der Waals surface area (Å²) in [5, 5.41) is 0. The van der Waals surface area contributed by atoms with Crippen LogP contribution in [0.15, 0.2) is 0 Å². The molecule has 0 N–H and O–H groups in total. The second-order valence-corrected chi connectivity index (χ2v) is 2.44.